The van der Waals surface area contributed by atoms with Gasteiger partial charge in [0, 0.05) is 65.6 Å². The van der Waals surface area contributed by atoms with Crippen LogP contribution in [0.2, 0.25) is 0 Å². The number of halogens is 2. The van der Waals surface area contributed by atoms with Crippen molar-refractivity contribution in [2.24, 2.45) is 0 Å². The molecule has 15 rings (SSSR count). The van der Waals surface area contributed by atoms with E-state index in [1.165, 1.54) is 12.1 Å². The van der Waals surface area contributed by atoms with Crippen LogP contribution in [-0.4, -0.2) is 8.80 Å². The van der Waals surface area contributed by atoms with Crippen molar-refractivity contribution >= 4 is 110 Å². The van der Waals surface area contributed by atoms with Gasteiger partial charge < -0.3 is 18.6 Å². The Morgan fingerprint density at radius 2 is 0.583 bits per heavy atom. The first kappa shape index (κ1) is 40.4. The van der Waals surface area contributed by atoms with Crippen molar-refractivity contribution in [3.63, 3.8) is 0 Å². The van der Waals surface area contributed by atoms with Crippen LogP contribution in [-0.2, 0) is 0 Å². The van der Waals surface area contributed by atoms with Gasteiger partial charge in [0.2, 0.25) is 0 Å². The van der Waals surface area contributed by atoms with Crippen LogP contribution in [0.3, 0.4) is 0 Å². The zero-order valence-electron chi connectivity index (χ0n) is 38.6. The smallest absolute Gasteiger partial charge is 0.147 e. The van der Waals surface area contributed by atoms with E-state index in [9.17, 15) is 0 Å². The molecule has 0 amide bonds. The molecule has 0 unspecified atom stereocenters. The van der Waals surface area contributed by atoms with Gasteiger partial charge in [0.25, 0.3) is 0 Å². The van der Waals surface area contributed by atoms with Crippen molar-refractivity contribution in [1.29, 1.82) is 0 Å². The average Bonchev–Trinajstić information content (AvgIpc) is 4.18. The van der Waals surface area contributed by atoms with Crippen molar-refractivity contribution in [2.45, 2.75) is 0 Å². The standard InChI is InChI=1S/C66H40F2N4/c67-49-33-13-15-35-51(49)69(43-25-9-3-10-26-43)53-37-19-39-55-59(53)46-30-18-32-48-62-58(42-23-7-2-8-24-42)66-61(57(41-21-5-1-6-22-41)65(62)71(55)64(46)48)47-31-17-29-45-60-54(38-20-40-56(60)72(66)63(45)47)70(44-27-11-4-12-28-44)52-36-16-14-34-50(52)68/h1-40H. The zero-order valence-corrected chi connectivity index (χ0v) is 38.6. The summed E-state index contributed by atoms with van der Waals surface area (Å²) in [6, 6.07) is 82.2. The van der Waals surface area contributed by atoms with Crippen molar-refractivity contribution in [2.75, 3.05) is 9.80 Å². The highest BCUT2D eigenvalue weighted by molar-refractivity contribution is 6.39. The van der Waals surface area contributed by atoms with Crippen molar-refractivity contribution in [1.82, 2.24) is 8.80 Å². The maximum absolute atomic E-state index is 16.2. The average molecular weight is 927 g/mol. The molecule has 72 heavy (non-hydrogen) atoms. The lowest BCUT2D eigenvalue weighted by atomic mass is 9.89. The van der Waals surface area contributed by atoms with Crippen LogP contribution < -0.4 is 9.80 Å². The van der Waals surface area contributed by atoms with Crippen LogP contribution in [0.1, 0.15) is 0 Å². The molecule has 0 atom stereocenters. The predicted octanol–water partition coefficient (Wildman–Crippen LogP) is 18.5. The van der Waals surface area contributed by atoms with Gasteiger partial charge in [-0.1, -0.05) is 170 Å². The van der Waals surface area contributed by atoms with Gasteiger partial charge in [-0.3, -0.25) is 0 Å². The van der Waals surface area contributed by atoms with Gasteiger partial charge in [0.15, 0.2) is 0 Å². The molecule has 338 valence electrons. The topological polar surface area (TPSA) is 15.3 Å². The largest absolute Gasteiger partial charge is 0.307 e. The fourth-order valence-electron chi connectivity index (χ4n) is 12.1. The van der Waals surface area contributed by atoms with E-state index in [0.29, 0.717) is 11.4 Å². The second-order valence-corrected chi connectivity index (χ2v) is 18.6. The van der Waals surface area contributed by atoms with E-state index in [4.69, 9.17) is 0 Å². The van der Waals surface area contributed by atoms with Gasteiger partial charge in [-0.25, -0.2) is 8.78 Å². The van der Waals surface area contributed by atoms with Crippen LogP contribution in [0.5, 0.6) is 0 Å². The van der Waals surface area contributed by atoms with E-state index in [0.717, 1.165) is 121 Å². The van der Waals surface area contributed by atoms with E-state index in [1.54, 1.807) is 12.1 Å². The van der Waals surface area contributed by atoms with Crippen LogP contribution >= 0.6 is 0 Å². The molecule has 0 radical (unpaired) electrons. The number of aromatic nitrogens is 2. The summed E-state index contributed by atoms with van der Waals surface area (Å²) in [6.07, 6.45) is 0. The third kappa shape index (κ3) is 5.54. The molecule has 4 heterocycles. The first-order valence-corrected chi connectivity index (χ1v) is 24.3. The number of nitrogens with zero attached hydrogens (tertiary/aromatic N) is 4. The Morgan fingerprint density at radius 3 is 0.972 bits per heavy atom. The van der Waals surface area contributed by atoms with Crippen LogP contribution in [0.4, 0.5) is 42.9 Å². The van der Waals surface area contributed by atoms with Gasteiger partial charge in [0.05, 0.1) is 55.8 Å². The third-order valence-electron chi connectivity index (χ3n) is 14.8. The fourth-order valence-corrected chi connectivity index (χ4v) is 12.1. The molecule has 0 aliphatic carbocycles. The number of para-hydroxylation sites is 6. The Labute approximate surface area is 412 Å². The Morgan fingerprint density at radius 1 is 0.264 bits per heavy atom. The summed E-state index contributed by atoms with van der Waals surface area (Å²) in [5.41, 5.74) is 15.4. The summed E-state index contributed by atoms with van der Waals surface area (Å²) in [5, 5.41) is 8.79. The van der Waals surface area contributed by atoms with Gasteiger partial charge in [-0.15, -0.1) is 0 Å². The summed E-state index contributed by atoms with van der Waals surface area (Å²) >= 11 is 0. The maximum atomic E-state index is 16.2. The molecule has 4 aromatic heterocycles. The van der Waals surface area contributed by atoms with Crippen molar-refractivity contribution in [3.8, 4) is 22.3 Å². The van der Waals surface area contributed by atoms with Crippen molar-refractivity contribution < 1.29 is 8.78 Å². The van der Waals surface area contributed by atoms with Gasteiger partial charge >= 0.3 is 0 Å². The van der Waals surface area contributed by atoms with Crippen LogP contribution in [0.25, 0.3) is 98.4 Å². The molecule has 15 aromatic rings. The van der Waals surface area contributed by atoms with E-state index in [1.807, 2.05) is 84.9 Å². The third-order valence-corrected chi connectivity index (χ3v) is 14.8. The number of hydrogen-bond acceptors (Lipinski definition) is 2. The molecule has 4 nitrogen and oxygen atoms in total. The zero-order chi connectivity index (χ0) is 47.6. The highest BCUT2D eigenvalue weighted by Gasteiger charge is 2.32. The Kier molecular flexibility index (Phi) is 8.69. The summed E-state index contributed by atoms with van der Waals surface area (Å²) in [6.45, 7) is 0. The molecule has 0 N–H and O–H groups in total. The normalized spacial score (nSPS) is 12.0. The molecule has 0 aliphatic heterocycles. The highest BCUT2D eigenvalue weighted by atomic mass is 19.1. The monoisotopic (exact) mass is 926 g/mol. The number of fused-ring (bicyclic) bond motifs is 12. The maximum Gasteiger partial charge on any atom is 0.147 e. The first-order chi connectivity index (χ1) is 35.7. The second kappa shape index (κ2) is 15.5. The number of anilines is 6. The summed E-state index contributed by atoms with van der Waals surface area (Å²) in [4.78, 5) is 4.12. The molecule has 0 fully saturated rings. The quantitative estimate of drug-likeness (QED) is 0.151. The number of rotatable bonds is 8. The molecule has 0 spiro atoms. The minimum absolute atomic E-state index is 0.299. The van der Waals surface area contributed by atoms with E-state index < -0.39 is 0 Å². The van der Waals surface area contributed by atoms with Gasteiger partial charge in [0.1, 0.15) is 11.6 Å². The molecule has 11 aromatic carbocycles. The first-order valence-electron chi connectivity index (χ1n) is 24.3. The SMILES string of the molecule is Fc1ccccc1N(c1ccccc1)c1cccc2c1c1cccc3c4c(-c5ccccc5)c5c(c(-c6ccccc6)c4n2c13)c1cccc2c3c(N(c4ccccc4)c4ccccc4F)cccc3n5c21. The molecular formula is C66H40F2N4. The van der Waals surface area contributed by atoms with Gasteiger partial charge in [-0.2, -0.15) is 0 Å². The molecule has 0 saturated heterocycles. The molecule has 0 aliphatic rings. The van der Waals surface area contributed by atoms with Crippen LogP contribution in [0, 0.1) is 11.6 Å². The van der Waals surface area contributed by atoms with Crippen LogP contribution in [0.15, 0.2) is 243 Å². The van der Waals surface area contributed by atoms with Gasteiger partial charge in [-0.05, 0) is 83.9 Å². The molecule has 0 bridgehead atoms. The van der Waals surface area contributed by atoms with E-state index >= 15 is 8.78 Å². The summed E-state index contributed by atoms with van der Waals surface area (Å²) < 4.78 is 37.4. The lowest BCUT2D eigenvalue weighted by Crippen LogP contribution is -2.12. The Bertz CT molecular complexity index is 4290. The summed E-state index contributed by atoms with van der Waals surface area (Å²) in [7, 11) is 0. The number of benzene rings is 11. The highest BCUT2D eigenvalue weighted by Crippen LogP contribution is 2.56. The van der Waals surface area contributed by atoms with Crippen molar-refractivity contribution in [3.05, 3.63) is 254 Å². The summed E-state index contributed by atoms with van der Waals surface area (Å²) in [5.74, 6) is -0.597. The molecule has 6 heteroatoms. The Balaban J connectivity index is 1.15. The van der Waals surface area contributed by atoms with E-state index in [-0.39, 0.29) is 11.6 Å². The predicted molar refractivity (Wildman–Crippen MR) is 296 cm³/mol. The minimum Gasteiger partial charge on any atom is -0.307 e. The molecular weight excluding hydrogens is 887 g/mol. The molecule has 0 saturated carbocycles. The minimum atomic E-state index is -0.299. The second-order valence-electron chi connectivity index (χ2n) is 18.6. The lowest BCUT2D eigenvalue weighted by molar-refractivity contribution is 0.628. The fraction of sp³-hybridized carbons (Fsp3) is 0. The Hall–Kier alpha value is -9.52. The number of hydrogen-bond donors (Lipinski definition) is 0. The van der Waals surface area contributed by atoms with E-state index in [2.05, 4.69) is 152 Å². The lowest BCUT2D eigenvalue weighted by Gasteiger charge is -2.27.